The van der Waals surface area contributed by atoms with Gasteiger partial charge in [0.1, 0.15) is 0 Å². The van der Waals surface area contributed by atoms with E-state index in [1.165, 1.54) is 43.5 Å². The zero-order valence-corrected chi connectivity index (χ0v) is 11.4. The highest BCUT2D eigenvalue weighted by atomic mass is 15.4. The van der Waals surface area contributed by atoms with Gasteiger partial charge < -0.3 is 0 Å². The zero-order valence-electron chi connectivity index (χ0n) is 11.4. The van der Waals surface area contributed by atoms with Gasteiger partial charge >= 0.3 is 0 Å². The normalized spacial score (nSPS) is 21.1. The first-order chi connectivity index (χ1) is 8.20. The molecule has 1 aliphatic carbocycles. The van der Waals surface area contributed by atoms with Crippen LogP contribution in [-0.2, 0) is 19.4 Å². The van der Waals surface area contributed by atoms with Gasteiger partial charge in [0.2, 0.25) is 0 Å². The molecule has 1 aromatic heterocycles. The summed E-state index contributed by atoms with van der Waals surface area (Å²) in [5.74, 6) is 1.61. The third kappa shape index (κ3) is 3.08. The van der Waals surface area contributed by atoms with E-state index in [0.717, 1.165) is 24.8 Å². The standard InChI is InChI=1S/C14H25N3/c1-4-17-14-8-6-5-7-12(9-11(2)3)10-13(14)15-16-17/h11-12H,4-10H2,1-3H3. The average molecular weight is 235 g/mol. The summed E-state index contributed by atoms with van der Waals surface area (Å²) in [6.45, 7) is 7.75. The van der Waals surface area contributed by atoms with Gasteiger partial charge in [-0.3, -0.25) is 0 Å². The van der Waals surface area contributed by atoms with E-state index in [-0.39, 0.29) is 0 Å². The van der Waals surface area contributed by atoms with Crippen LogP contribution in [-0.4, -0.2) is 15.0 Å². The van der Waals surface area contributed by atoms with Crippen LogP contribution in [0.4, 0.5) is 0 Å². The molecule has 0 amide bonds. The molecule has 3 nitrogen and oxygen atoms in total. The van der Waals surface area contributed by atoms with E-state index in [1.807, 2.05) is 0 Å². The van der Waals surface area contributed by atoms with E-state index in [4.69, 9.17) is 0 Å². The first-order valence-corrected chi connectivity index (χ1v) is 7.12. The van der Waals surface area contributed by atoms with Crippen molar-refractivity contribution in [1.29, 1.82) is 0 Å². The Morgan fingerprint density at radius 2 is 2.18 bits per heavy atom. The van der Waals surface area contributed by atoms with Crippen molar-refractivity contribution in [3.05, 3.63) is 11.4 Å². The predicted octanol–water partition coefficient (Wildman–Crippen LogP) is 3.23. The molecule has 1 atom stereocenters. The molecule has 0 spiro atoms. The Labute approximate surface area is 105 Å². The minimum Gasteiger partial charge on any atom is -0.249 e. The largest absolute Gasteiger partial charge is 0.249 e. The fraction of sp³-hybridized carbons (Fsp3) is 0.857. The van der Waals surface area contributed by atoms with Gasteiger partial charge in [-0.05, 0) is 44.4 Å². The van der Waals surface area contributed by atoms with Gasteiger partial charge in [0.05, 0.1) is 11.4 Å². The van der Waals surface area contributed by atoms with Crippen molar-refractivity contribution >= 4 is 0 Å². The second-order valence-electron chi connectivity index (χ2n) is 5.74. The minimum atomic E-state index is 0.795. The number of aryl methyl sites for hydroxylation is 1. The first kappa shape index (κ1) is 12.6. The molecule has 0 aromatic carbocycles. The van der Waals surface area contributed by atoms with Gasteiger partial charge in [0, 0.05) is 6.54 Å². The third-order valence-electron chi connectivity index (χ3n) is 3.78. The van der Waals surface area contributed by atoms with Gasteiger partial charge in [-0.2, -0.15) is 0 Å². The Balaban J connectivity index is 2.14. The van der Waals surface area contributed by atoms with E-state index < -0.39 is 0 Å². The van der Waals surface area contributed by atoms with E-state index >= 15 is 0 Å². The van der Waals surface area contributed by atoms with Crippen molar-refractivity contribution in [2.75, 3.05) is 0 Å². The fourth-order valence-corrected chi connectivity index (χ4v) is 3.02. The summed E-state index contributed by atoms with van der Waals surface area (Å²) in [7, 11) is 0. The lowest BCUT2D eigenvalue weighted by Crippen LogP contribution is -2.14. The van der Waals surface area contributed by atoms with Gasteiger partial charge in [-0.25, -0.2) is 4.68 Å². The zero-order chi connectivity index (χ0) is 12.3. The molecule has 17 heavy (non-hydrogen) atoms. The van der Waals surface area contributed by atoms with E-state index in [9.17, 15) is 0 Å². The van der Waals surface area contributed by atoms with E-state index in [1.54, 1.807) is 0 Å². The highest BCUT2D eigenvalue weighted by Crippen LogP contribution is 2.26. The second kappa shape index (κ2) is 5.65. The molecule has 0 aliphatic heterocycles. The van der Waals surface area contributed by atoms with Crippen molar-refractivity contribution < 1.29 is 0 Å². The van der Waals surface area contributed by atoms with Gasteiger partial charge in [-0.15, -0.1) is 5.10 Å². The molecule has 0 saturated carbocycles. The molecule has 1 aliphatic rings. The number of fused-ring (bicyclic) bond motifs is 1. The Bertz CT molecular complexity index is 354. The SMILES string of the molecule is CCn1nnc2c1CCCCC(CC(C)C)C2. The number of hydrogen-bond donors (Lipinski definition) is 0. The second-order valence-corrected chi connectivity index (χ2v) is 5.74. The summed E-state index contributed by atoms with van der Waals surface area (Å²) in [6.07, 6.45) is 7.69. The lowest BCUT2D eigenvalue weighted by molar-refractivity contribution is 0.361. The van der Waals surface area contributed by atoms with Crippen LogP contribution in [0, 0.1) is 11.8 Å². The summed E-state index contributed by atoms with van der Waals surface area (Å²) < 4.78 is 2.09. The summed E-state index contributed by atoms with van der Waals surface area (Å²) in [5, 5.41) is 8.68. The molecule has 3 heteroatoms. The number of nitrogens with zero attached hydrogens (tertiary/aromatic N) is 3. The average Bonchev–Trinajstić information content (AvgIpc) is 2.61. The molecule has 0 fully saturated rings. The van der Waals surface area contributed by atoms with Gasteiger partial charge in [-0.1, -0.05) is 31.9 Å². The molecule has 1 aromatic rings. The van der Waals surface area contributed by atoms with Crippen molar-refractivity contribution in [3.63, 3.8) is 0 Å². The summed E-state index contributed by atoms with van der Waals surface area (Å²) in [6, 6.07) is 0. The molecule has 96 valence electrons. The minimum absolute atomic E-state index is 0.795. The summed E-state index contributed by atoms with van der Waals surface area (Å²) in [4.78, 5) is 0. The molecule has 0 bridgehead atoms. The third-order valence-corrected chi connectivity index (χ3v) is 3.78. The van der Waals surface area contributed by atoms with Crippen LogP contribution >= 0.6 is 0 Å². The van der Waals surface area contributed by atoms with Crippen molar-refractivity contribution in [3.8, 4) is 0 Å². The molecule has 0 radical (unpaired) electrons. The Morgan fingerprint density at radius 3 is 2.88 bits per heavy atom. The number of aromatic nitrogens is 3. The Kier molecular flexibility index (Phi) is 4.19. The van der Waals surface area contributed by atoms with E-state index in [0.29, 0.717) is 0 Å². The fourth-order valence-electron chi connectivity index (χ4n) is 3.02. The molecular formula is C14H25N3. The van der Waals surface area contributed by atoms with Gasteiger partial charge in [0.15, 0.2) is 0 Å². The van der Waals surface area contributed by atoms with Crippen LogP contribution in [0.1, 0.15) is 57.8 Å². The molecule has 1 unspecified atom stereocenters. The maximum absolute atomic E-state index is 4.40. The first-order valence-electron chi connectivity index (χ1n) is 7.12. The van der Waals surface area contributed by atoms with Crippen molar-refractivity contribution in [2.45, 2.75) is 65.8 Å². The highest BCUT2D eigenvalue weighted by molar-refractivity contribution is 5.12. The summed E-state index contributed by atoms with van der Waals surface area (Å²) >= 11 is 0. The quantitative estimate of drug-likeness (QED) is 0.805. The van der Waals surface area contributed by atoms with Crippen LogP contribution in [0.2, 0.25) is 0 Å². The maximum Gasteiger partial charge on any atom is 0.0861 e. The molecule has 2 rings (SSSR count). The highest BCUT2D eigenvalue weighted by Gasteiger charge is 2.20. The van der Waals surface area contributed by atoms with Crippen molar-refractivity contribution in [1.82, 2.24) is 15.0 Å². The molecular weight excluding hydrogens is 210 g/mol. The number of rotatable bonds is 3. The van der Waals surface area contributed by atoms with Crippen LogP contribution in [0.3, 0.4) is 0 Å². The molecule has 0 N–H and O–H groups in total. The van der Waals surface area contributed by atoms with Crippen LogP contribution in [0.15, 0.2) is 0 Å². The topological polar surface area (TPSA) is 30.7 Å². The summed E-state index contributed by atoms with van der Waals surface area (Å²) in [5.41, 5.74) is 2.68. The van der Waals surface area contributed by atoms with Crippen LogP contribution in [0.5, 0.6) is 0 Å². The van der Waals surface area contributed by atoms with Crippen molar-refractivity contribution in [2.24, 2.45) is 11.8 Å². The van der Waals surface area contributed by atoms with E-state index in [2.05, 4.69) is 35.8 Å². The smallest absolute Gasteiger partial charge is 0.0861 e. The number of hydrogen-bond acceptors (Lipinski definition) is 2. The molecule has 1 heterocycles. The predicted molar refractivity (Wildman–Crippen MR) is 69.9 cm³/mol. The lowest BCUT2D eigenvalue weighted by atomic mass is 9.86. The maximum atomic E-state index is 4.40. The lowest BCUT2D eigenvalue weighted by Gasteiger charge is -2.21. The monoisotopic (exact) mass is 235 g/mol. The van der Waals surface area contributed by atoms with Gasteiger partial charge in [0.25, 0.3) is 0 Å². The van der Waals surface area contributed by atoms with Crippen LogP contribution in [0.25, 0.3) is 0 Å². The molecule has 0 saturated heterocycles. The Morgan fingerprint density at radius 1 is 1.35 bits per heavy atom. The Hall–Kier alpha value is -0.860. The van der Waals surface area contributed by atoms with Crippen LogP contribution < -0.4 is 0 Å².